The number of hydrogen-bond donors (Lipinski definition) is 1. The Kier molecular flexibility index (Phi) is 5.00. The molecule has 1 aromatic heterocycles. The summed E-state index contributed by atoms with van der Waals surface area (Å²) in [5, 5.41) is 4.87. The minimum atomic E-state index is -0.750. The van der Waals surface area contributed by atoms with Crippen LogP contribution in [-0.4, -0.2) is 22.3 Å². The van der Waals surface area contributed by atoms with Crippen LogP contribution in [0.1, 0.15) is 37.6 Å². The summed E-state index contributed by atoms with van der Waals surface area (Å²) in [6.07, 6.45) is 2.67. The molecule has 0 aliphatic rings. The second-order valence-corrected chi connectivity index (χ2v) is 7.16. The molecule has 2 rings (SSSR count). The molecule has 0 saturated heterocycles. The molecule has 0 spiro atoms. The topological polar surface area (TPSA) is 42.2 Å². The second kappa shape index (κ2) is 6.55. The number of para-hydroxylation sites is 1. The molecule has 0 aliphatic heterocycles. The molecule has 2 aromatic rings. The van der Waals surface area contributed by atoms with Gasteiger partial charge < -0.3 is 9.73 Å². The highest BCUT2D eigenvalue weighted by Crippen LogP contribution is 2.29. The summed E-state index contributed by atoms with van der Waals surface area (Å²) in [5.41, 5.74) is 2.14. The molecule has 0 fully saturated rings. The molecule has 110 valence electrons. The van der Waals surface area contributed by atoms with Crippen LogP contribution < -0.4 is 5.32 Å². The fourth-order valence-corrected chi connectivity index (χ4v) is 2.82. The highest BCUT2D eigenvalue weighted by molar-refractivity contribution is 7.84. The third-order valence-electron chi connectivity index (χ3n) is 3.84. The smallest absolute Gasteiger partial charge is 0.134 e. The Labute approximate surface area is 123 Å². The van der Waals surface area contributed by atoms with Crippen LogP contribution in [-0.2, 0) is 10.8 Å². The first-order chi connectivity index (χ1) is 9.50. The van der Waals surface area contributed by atoms with Crippen molar-refractivity contribution in [2.24, 2.45) is 0 Å². The Bertz CT molecular complexity index is 606. The van der Waals surface area contributed by atoms with Gasteiger partial charge in [0.05, 0.1) is 6.04 Å². The van der Waals surface area contributed by atoms with Gasteiger partial charge in [0.15, 0.2) is 0 Å². The number of nitrogens with one attached hydrogen (secondary N) is 1. The van der Waals surface area contributed by atoms with Crippen LogP contribution in [0.15, 0.2) is 28.7 Å². The number of hydrogen-bond acceptors (Lipinski definition) is 3. The van der Waals surface area contributed by atoms with Gasteiger partial charge in [-0.15, -0.1) is 0 Å². The number of aryl methyl sites for hydroxylation is 1. The zero-order valence-electron chi connectivity index (χ0n) is 12.6. The number of furan rings is 1. The number of benzene rings is 1. The molecule has 0 aliphatic carbocycles. The maximum Gasteiger partial charge on any atom is 0.134 e. The van der Waals surface area contributed by atoms with E-state index in [9.17, 15) is 4.21 Å². The van der Waals surface area contributed by atoms with Crippen LogP contribution in [0, 0.1) is 6.92 Å². The maximum atomic E-state index is 11.3. The summed E-state index contributed by atoms with van der Waals surface area (Å²) >= 11 is 0. The van der Waals surface area contributed by atoms with Crippen molar-refractivity contribution in [1.82, 2.24) is 5.32 Å². The second-order valence-electron chi connectivity index (χ2n) is 5.36. The Morgan fingerprint density at radius 2 is 2.00 bits per heavy atom. The van der Waals surface area contributed by atoms with E-state index in [1.54, 1.807) is 6.26 Å². The van der Waals surface area contributed by atoms with Gasteiger partial charge in [0, 0.05) is 27.7 Å². The average Bonchev–Trinajstić information content (AvgIpc) is 2.76. The lowest BCUT2D eigenvalue weighted by atomic mass is 10.1. The molecule has 0 amide bonds. The minimum absolute atomic E-state index is 0.167. The minimum Gasteiger partial charge on any atom is -0.459 e. The molecular formula is C16H23NO2S. The van der Waals surface area contributed by atoms with Crippen LogP contribution >= 0.6 is 0 Å². The fourth-order valence-electron chi connectivity index (χ4n) is 2.37. The van der Waals surface area contributed by atoms with Crippen LogP contribution in [0.25, 0.3) is 11.0 Å². The van der Waals surface area contributed by atoms with Gasteiger partial charge in [-0.2, -0.15) is 0 Å². The third kappa shape index (κ3) is 3.30. The van der Waals surface area contributed by atoms with Crippen molar-refractivity contribution in [2.45, 2.75) is 38.5 Å². The summed E-state index contributed by atoms with van der Waals surface area (Å²) in [5.74, 6) is 0.997. The Hall–Kier alpha value is -1.13. The van der Waals surface area contributed by atoms with Crippen molar-refractivity contribution >= 4 is 21.8 Å². The average molecular weight is 293 g/mol. The van der Waals surface area contributed by atoms with Crippen molar-refractivity contribution in [2.75, 3.05) is 12.8 Å². The fraction of sp³-hybridized carbons (Fsp3) is 0.500. The lowest BCUT2D eigenvalue weighted by Gasteiger charge is -2.14. The van der Waals surface area contributed by atoms with Crippen molar-refractivity contribution < 1.29 is 8.63 Å². The molecule has 0 saturated carbocycles. The normalized spacial score (nSPS) is 16.2. The first-order valence-corrected chi connectivity index (χ1v) is 8.66. The summed E-state index contributed by atoms with van der Waals surface area (Å²) in [6.45, 7) is 7.08. The maximum absolute atomic E-state index is 11.3. The van der Waals surface area contributed by atoms with Crippen LogP contribution in [0.2, 0.25) is 0 Å². The van der Waals surface area contributed by atoms with Gasteiger partial charge in [0.2, 0.25) is 0 Å². The number of fused-ring (bicyclic) bond motifs is 1. The van der Waals surface area contributed by atoms with E-state index in [0.717, 1.165) is 24.3 Å². The molecule has 0 bridgehead atoms. The van der Waals surface area contributed by atoms with Crippen LogP contribution in [0.4, 0.5) is 0 Å². The number of rotatable bonds is 6. The van der Waals surface area contributed by atoms with Crippen molar-refractivity contribution in [3.8, 4) is 0 Å². The van der Waals surface area contributed by atoms with Crippen molar-refractivity contribution in [3.05, 3.63) is 35.6 Å². The Morgan fingerprint density at radius 1 is 1.30 bits per heavy atom. The van der Waals surface area contributed by atoms with E-state index in [-0.39, 0.29) is 11.3 Å². The molecule has 3 atom stereocenters. The first kappa shape index (κ1) is 15.3. The van der Waals surface area contributed by atoms with Gasteiger partial charge in [-0.25, -0.2) is 0 Å². The van der Waals surface area contributed by atoms with Gasteiger partial charge in [-0.3, -0.25) is 4.21 Å². The quantitative estimate of drug-likeness (QED) is 0.885. The largest absolute Gasteiger partial charge is 0.459 e. The Morgan fingerprint density at radius 3 is 2.65 bits per heavy atom. The molecule has 4 heteroatoms. The SMILES string of the molecule is Cc1c(C(C)NCCC(C)S(C)=O)oc2ccccc12. The lowest BCUT2D eigenvalue weighted by Crippen LogP contribution is -2.24. The summed E-state index contributed by atoms with van der Waals surface area (Å²) in [4.78, 5) is 0. The Balaban J connectivity index is 2.02. The van der Waals surface area contributed by atoms with Gasteiger partial charge in [0.1, 0.15) is 11.3 Å². The molecule has 20 heavy (non-hydrogen) atoms. The molecule has 1 aromatic carbocycles. The van der Waals surface area contributed by atoms with Crippen molar-refractivity contribution in [1.29, 1.82) is 0 Å². The summed E-state index contributed by atoms with van der Waals surface area (Å²) in [7, 11) is -0.750. The molecule has 1 N–H and O–H groups in total. The zero-order valence-corrected chi connectivity index (χ0v) is 13.4. The van der Waals surface area contributed by atoms with E-state index in [1.165, 1.54) is 10.9 Å². The van der Waals surface area contributed by atoms with Crippen LogP contribution in [0.3, 0.4) is 0 Å². The van der Waals surface area contributed by atoms with Crippen molar-refractivity contribution in [3.63, 3.8) is 0 Å². The molecule has 3 nitrogen and oxygen atoms in total. The molecule has 0 radical (unpaired) electrons. The van der Waals surface area contributed by atoms with E-state index < -0.39 is 10.8 Å². The van der Waals surface area contributed by atoms with E-state index >= 15 is 0 Å². The first-order valence-electron chi connectivity index (χ1n) is 7.04. The van der Waals surface area contributed by atoms with E-state index in [4.69, 9.17) is 4.42 Å². The van der Waals surface area contributed by atoms with E-state index in [0.29, 0.717) is 0 Å². The highest BCUT2D eigenvalue weighted by Gasteiger charge is 2.16. The predicted molar refractivity (Wildman–Crippen MR) is 85.5 cm³/mol. The predicted octanol–water partition coefficient (Wildman–Crippen LogP) is 3.55. The van der Waals surface area contributed by atoms with E-state index in [1.807, 2.05) is 25.1 Å². The van der Waals surface area contributed by atoms with Gasteiger partial charge in [-0.05, 0) is 38.4 Å². The summed E-state index contributed by atoms with van der Waals surface area (Å²) < 4.78 is 17.3. The van der Waals surface area contributed by atoms with Gasteiger partial charge >= 0.3 is 0 Å². The van der Waals surface area contributed by atoms with Crippen LogP contribution in [0.5, 0.6) is 0 Å². The monoisotopic (exact) mass is 293 g/mol. The molecule has 3 unspecified atom stereocenters. The van der Waals surface area contributed by atoms with Gasteiger partial charge in [-0.1, -0.05) is 25.1 Å². The highest BCUT2D eigenvalue weighted by atomic mass is 32.2. The van der Waals surface area contributed by atoms with E-state index in [2.05, 4.69) is 25.2 Å². The standard InChI is InChI=1S/C16H23NO2S/c1-11(20(4)18)9-10-17-13(3)16-12(2)14-7-5-6-8-15(14)19-16/h5-8,11,13,17H,9-10H2,1-4H3. The third-order valence-corrected chi connectivity index (χ3v) is 5.21. The zero-order chi connectivity index (χ0) is 14.7. The molecule has 1 heterocycles. The molecular weight excluding hydrogens is 270 g/mol. The lowest BCUT2D eigenvalue weighted by molar-refractivity contribution is 0.445. The summed E-state index contributed by atoms with van der Waals surface area (Å²) in [6, 6.07) is 8.28. The van der Waals surface area contributed by atoms with Gasteiger partial charge in [0.25, 0.3) is 0 Å².